The summed E-state index contributed by atoms with van der Waals surface area (Å²) in [5.74, 6) is 0.786. The number of carbonyl (C=O) groups excluding carboxylic acids is 1. The molecular weight excluding hydrogens is 308 g/mol. The highest BCUT2D eigenvalue weighted by Gasteiger charge is 2.06. The van der Waals surface area contributed by atoms with E-state index in [2.05, 4.69) is 10.6 Å². The van der Waals surface area contributed by atoms with Gasteiger partial charge in [0.2, 0.25) is 0 Å². The van der Waals surface area contributed by atoms with E-state index in [-0.39, 0.29) is 18.4 Å². The van der Waals surface area contributed by atoms with Gasteiger partial charge in [0.15, 0.2) is 0 Å². The first-order valence-corrected chi connectivity index (χ1v) is 7.64. The van der Waals surface area contributed by atoms with Gasteiger partial charge >= 0.3 is 6.03 Å². The van der Waals surface area contributed by atoms with Crippen LogP contribution in [-0.4, -0.2) is 29.9 Å². The van der Waals surface area contributed by atoms with E-state index in [0.717, 1.165) is 11.1 Å². The van der Waals surface area contributed by atoms with E-state index in [1.165, 1.54) is 0 Å². The van der Waals surface area contributed by atoms with Gasteiger partial charge in [-0.3, -0.25) is 0 Å². The molecule has 0 aliphatic carbocycles. The van der Waals surface area contributed by atoms with Crippen molar-refractivity contribution in [2.75, 3.05) is 19.0 Å². The second kappa shape index (κ2) is 8.21. The number of aryl methyl sites for hydroxylation is 1. The number of anilines is 1. The number of carbonyl (C=O) groups is 1. The zero-order chi connectivity index (χ0) is 17.5. The quantitative estimate of drug-likeness (QED) is 0.655. The van der Waals surface area contributed by atoms with Crippen LogP contribution in [0.5, 0.6) is 11.5 Å². The summed E-state index contributed by atoms with van der Waals surface area (Å²) in [5.41, 5.74) is 3.05. The maximum absolute atomic E-state index is 11.9. The van der Waals surface area contributed by atoms with Gasteiger partial charge in [-0.1, -0.05) is 12.1 Å². The number of benzene rings is 2. The molecule has 6 heteroatoms. The summed E-state index contributed by atoms with van der Waals surface area (Å²) in [4.78, 5) is 11.9. The van der Waals surface area contributed by atoms with Gasteiger partial charge in [-0.15, -0.1) is 0 Å². The SMILES string of the molecule is COc1cc(NC(=O)NCCc2ccc(O)c(CO)c2)ccc1C. The van der Waals surface area contributed by atoms with E-state index < -0.39 is 0 Å². The third-order valence-corrected chi connectivity index (χ3v) is 3.68. The Hall–Kier alpha value is -2.73. The molecular formula is C18H22N2O4. The number of aliphatic hydroxyl groups excluding tert-OH is 1. The van der Waals surface area contributed by atoms with Crippen molar-refractivity contribution in [2.45, 2.75) is 20.0 Å². The van der Waals surface area contributed by atoms with Crippen LogP contribution >= 0.6 is 0 Å². The molecule has 0 aliphatic heterocycles. The summed E-state index contributed by atoms with van der Waals surface area (Å²) >= 11 is 0. The molecule has 0 spiro atoms. The lowest BCUT2D eigenvalue weighted by atomic mass is 10.1. The molecule has 2 amide bonds. The molecule has 0 bridgehead atoms. The second-order valence-corrected chi connectivity index (χ2v) is 5.44. The fourth-order valence-corrected chi connectivity index (χ4v) is 2.31. The molecule has 0 radical (unpaired) electrons. The number of hydrogen-bond donors (Lipinski definition) is 4. The minimum atomic E-state index is -0.304. The van der Waals surface area contributed by atoms with Crippen LogP contribution in [-0.2, 0) is 13.0 Å². The Bertz CT molecular complexity index is 716. The maximum atomic E-state index is 11.9. The number of nitrogens with one attached hydrogen (secondary N) is 2. The van der Waals surface area contributed by atoms with Gasteiger partial charge in [-0.25, -0.2) is 4.79 Å². The van der Waals surface area contributed by atoms with Crippen LogP contribution in [0.15, 0.2) is 36.4 Å². The summed E-state index contributed by atoms with van der Waals surface area (Å²) in [6.07, 6.45) is 0.595. The average Bonchev–Trinajstić information content (AvgIpc) is 2.58. The van der Waals surface area contributed by atoms with E-state index in [4.69, 9.17) is 9.84 Å². The highest BCUT2D eigenvalue weighted by atomic mass is 16.5. The molecule has 0 atom stereocenters. The van der Waals surface area contributed by atoms with Crippen LogP contribution in [0.3, 0.4) is 0 Å². The summed E-state index contributed by atoms with van der Waals surface area (Å²) < 4.78 is 5.23. The number of aromatic hydroxyl groups is 1. The van der Waals surface area contributed by atoms with E-state index in [0.29, 0.717) is 30.0 Å². The highest BCUT2D eigenvalue weighted by Crippen LogP contribution is 2.22. The fraction of sp³-hybridized carbons (Fsp3) is 0.278. The average molecular weight is 330 g/mol. The van der Waals surface area contributed by atoms with Crippen LogP contribution in [0.25, 0.3) is 0 Å². The first kappa shape index (κ1) is 17.6. The summed E-state index contributed by atoms with van der Waals surface area (Å²) in [6, 6.07) is 10.2. The van der Waals surface area contributed by atoms with Crippen molar-refractivity contribution >= 4 is 11.7 Å². The summed E-state index contributed by atoms with van der Waals surface area (Å²) in [6.45, 7) is 2.15. The van der Waals surface area contributed by atoms with Crippen LogP contribution in [0.4, 0.5) is 10.5 Å². The molecule has 24 heavy (non-hydrogen) atoms. The van der Waals surface area contributed by atoms with Crippen molar-refractivity contribution in [3.05, 3.63) is 53.1 Å². The molecule has 6 nitrogen and oxygen atoms in total. The molecule has 128 valence electrons. The smallest absolute Gasteiger partial charge is 0.319 e. The molecule has 0 saturated heterocycles. The normalized spacial score (nSPS) is 10.3. The fourth-order valence-electron chi connectivity index (χ4n) is 2.31. The highest BCUT2D eigenvalue weighted by molar-refractivity contribution is 5.89. The molecule has 4 N–H and O–H groups in total. The molecule has 0 fully saturated rings. The summed E-state index contributed by atoms with van der Waals surface area (Å²) in [5, 5.41) is 24.2. The van der Waals surface area contributed by atoms with Crippen LogP contribution in [0.1, 0.15) is 16.7 Å². The number of amides is 2. The van der Waals surface area contributed by atoms with Gasteiger partial charge < -0.3 is 25.6 Å². The largest absolute Gasteiger partial charge is 0.508 e. The number of methoxy groups -OCH3 is 1. The van der Waals surface area contributed by atoms with Gasteiger partial charge in [0.05, 0.1) is 13.7 Å². The molecule has 2 aromatic carbocycles. The monoisotopic (exact) mass is 330 g/mol. The van der Waals surface area contributed by atoms with Gasteiger partial charge in [0.25, 0.3) is 0 Å². The molecule has 2 aromatic rings. The Balaban J connectivity index is 1.85. The van der Waals surface area contributed by atoms with Crippen LogP contribution < -0.4 is 15.4 Å². The van der Waals surface area contributed by atoms with Crippen LogP contribution in [0.2, 0.25) is 0 Å². The Morgan fingerprint density at radius 3 is 2.71 bits per heavy atom. The zero-order valence-electron chi connectivity index (χ0n) is 13.8. The van der Waals surface area contributed by atoms with Crippen molar-refractivity contribution in [3.63, 3.8) is 0 Å². The Kier molecular flexibility index (Phi) is 6.03. The zero-order valence-corrected chi connectivity index (χ0v) is 13.8. The molecule has 0 aromatic heterocycles. The van der Waals surface area contributed by atoms with E-state index in [9.17, 15) is 9.90 Å². The topological polar surface area (TPSA) is 90.8 Å². The van der Waals surface area contributed by atoms with E-state index >= 15 is 0 Å². The Morgan fingerprint density at radius 2 is 2.00 bits per heavy atom. The van der Waals surface area contributed by atoms with Gasteiger partial charge in [-0.2, -0.15) is 0 Å². The summed E-state index contributed by atoms with van der Waals surface area (Å²) in [7, 11) is 1.59. The predicted molar refractivity (Wildman–Crippen MR) is 92.5 cm³/mol. The number of urea groups is 1. The van der Waals surface area contributed by atoms with E-state index in [1.807, 2.05) is 19.1 Å². The second-order valence-electron chi connectivity index (χ2n) is 5.44. The van der Waals surface area contributed by atoms with Crippen molar-refractivity contribution in [3.8, 4) is 11.5 Å². The van der Waals surface area contributed by atoms with Crippen LogP contribution in [0, 0.1) is 6.92 Å². The van der Waals surface area contributed by atoms with Crippen molar-refractivity contribution in [1.82, 2.24) is 5.32 Å². The van der Waals surface area contributed by atoms with Crippen molar-refractivity contribution in [2.24, 2.45) is 0 Å². The number of rotatable bonds is 6. The number of phenols is 1. The van der Waals surface area contributed by atoms with Gasteiger partial charge in [0, 0.05) is 23.9 Å². The first-order chi connectivity index (χ1) is 11.5. The molecule has 0 saturated carbocycles. The molecule has 0 aliphatic rings. The van der Waals surface area contributed by atoms with Crippen molar-refractivity contribution < 1.29 is 19.7 Å². The first-order valence-electron chi connectivity index (χ1n) is 7.64. The van der Waals surface area contributed by atoms with Crippen molar-refractivity contribution in [1.29, 1.82) is 0 Å². The minimum absolute atomic E-state index is 0.0697. The number of aliphatic hydroxyl groups is 1. The third kappa shape index (κ3) is 4.63. The van der Waals surface area contributed by atoms with E-state index in [1.54, 1.807) is 31.4 Å². The number of ether oxygens (including phenoxy) is 1. The molecule has 0 heterocycles. The Labute approximate surface area is 141 Å². The predicted octanol–water partition coefficient (Wildman–Crippen LogP) is 2.57. The lowest BCUT2D eigenvalue weighted by molar-refractivity contribution is 0.252. The third-order valence-electron chi connectivity index (χ3n) is 3.68. The standard InChI is InChI=1S/C18H22N2O4/c1-12-3-5-15(10-17(12)24-2)20-18(23)19-8-7-13-4-6-16(22)14(9-13)11-21/h3-6,9-10,21-22H,7-8,11H2,1-2H3,(H2,19,20,23). The molecule has 0 unspecified atom stereocenters. The van der Waals surface area contributed by atoms with Gasteiger partial charge in [0.1, 0.15) is 11.5 Å². The molecule has 2 rings (SSSR count). The minimum Gasteiger partial charge on any atom is -0.508 e. The maximum Gasteiger partial charge on any atom is 0.319 e. The lowest BCUT2D eigenvalue weighted by Gasteiger charge is -2.11. The Morgan fingerprint density at radius 1 is 1.21 bits per heavy atom. The lowest BCUT2D eigenvalue weighted by Crippen LogP contribution is -2.30. The number of hydrogen-bond acceptors (Lipinski definition) is 4. The van der Waals surface area contributed by atoms with Gasteiger partial charge in [-0.05, 0) is 42.7 Å².